The predicted molar refractivity (Wildman–Crippen MR) is 73.7 cm³/mol. The summed E-state index contributed by atoms with van der Waals surface area (Å²) in [4.78, 5) is 30.5. The summed E-state index contributed by atoms with van der Waals surface area (Å²) in [7, 11) is 0. The van der Waals surface area contributed by atoms with E-state index in [4.69, 9.17) is 0 Å². The minimum atomic E-state index is -0.454. The molecule has 0 radical (unpaired) electrons. The average Bonchev–Trinajstić information content (AvgIpc) is 2.90. The summed E-state index contributed by atoms with van der Waals surface area (Å²) in [5, 5.41) is 5.54. The van der Waals surface area contributed by atoms with Gasteiger partial charge in [-0.25, -0.2) is 4.98 Å². The number of amides is 2. The van der Waals surface area contributed by atoms with E-state index in [1.54, 1.807) is 18.0 Å². The van der Waals surface area contributed by atoms with Crippen LogP contribution in [0.15, 0.2) is 11.6 Å². The summed E-state index contributed by atoms with van der Waals surface area (Å²) in [5.74, 6) is -0.0851. The third-order valence-electron chi connectivity index (χ3n) is 3.47. The second-order valence-corrected chi connectivity index (χ2v) is 5.62. The van der Waals surface area contributed by atoms with Gasteiger partial charge in [0, 0.05) is 11.6 Å². The molecule has 1 fully saturated rings. The van der Waals surface area contributed by atoms with E-state index in [0.29, 0.717) is 6.42 Å². The van der Waals surface area contributed by atoms with Gasteiger partial charge in [-0.05, 0) is 19.8 Å². The molecular formula is C13H19N3O2S. The van der Waals surface area contributed by atoms with Gasteiger partial charge in [0.05, 0.1) is 6.04 Å². The molecule has 1 aliphatic heterocycles. The number of carbonyl (C=O) groups excluding carboxylic acids is 2. The topological polar surface area (TPSA) is 62.3 Å². The van der Waals surface area contributed by atoms with Crippen molar-refractivity contribution in [2.45, 2.75) is 51.7 Å². The van der Waals surface area contributed by atoms with Gasteiger partial charge < -0.3 is 10.2 Å². The van der Waals surface area contributed by atoms with E-state index in [1.807, 2.05) is 19.2 Å². The van der Waals surface area contributed by atoms with E-state index in [1.165, 1.54) is 11.3 Å². The Morgan fingerprint density at radius 1 is 1.47 bits per heavy atom. The maximum absolute atomic E-state index is 12.4. The molecule has 2 rings (SSSR count). The first-order valence-electron chi connectivity index (χ1n) is 6.62. The smallest absolute Gasteiger partial charge is 0.246 e. The highest BCUT2D eigenvalue weighted by Gasteiger charge is 2.41. The van der Waals surface area contributed by atoms with Gasteiger partial charge in [-0.15, -0.1) is 11.3 Å². The van der Waals surface area contributed by atoms with Crippen molar-refractivity contribution in [2.24, 2.45) is 0 Å². The van der Waals surface area contributed by atoms with Crippen molar-refractivity contribution in [3.8, 4) is 0 Å². The highest BCUT2D eigenvalue weighted by atomic mass is 32.1. The Balaban J connectivity index is 2.36. The molecule has 0 bridgehead atoms. The van der Waals surface area contributed by atoms with Crippen LogP contribution in [-0.4, -0.2) is 33.8 Å². The lowest BCUT2D eigenvalue weighted by Crippen LogP contribution is -2.62. The van der Waals surface area contributed by atoms with E-state index in [2.05, 4.69) is 10.3 Å². The molecule has 104 valence electrons. The van der Waals surface area contributed by atoms with Gasteiger partial charge in [-0.1, -0.05) is 13.8 Å². The largest absolute Gasteiger partial charge is 0.343 e. The first-order valence-corrected chi connectivity index (χ1v) is 7.50. The van der Waals surface area contributed by atoms with Gasteiger partial charge in [-0.3, -0.25) is 9.59 Å². The molecule has 3 atom stereocenters. The molecule has 2 amide bonds. The highest BCUT2D eigenvalue weighted by molar-refractivity contribution is 7.09. The summed E-state index contributed by atoms with van der Waals surface area (Å²) in [6.45, 7) is 5.67. The lowest BCUT2D eigenvalue weighted by Gasteiger charge is -2.41. The number of nitrogens with one attached hydrogen (secondary N) is 1. The van der Waals surface area contributed by atoms with Crippen LogP contribution in [0.3, 0.4) is 0 Å². The van der Waals surface area contributed by atoms with E-state index in [0.717, 1.165) is 11.4 Å². The lowest BCUT2D eigenvalue weighted by atomic mass is 10.0. The molecule has 0 aromatic carbocycles. The number of hydrogen-bond acceptors (Lipinski definition) is 4. The van der Waals surface area contributed by atoms with Gasteiger partial charge in [0.1, 0.15) is 17.1 Å². The van der Waals surface area contributed by atoms with Crippen LogP contribution in [0.1, 0.15) is 44.7 Å². The molecule has 2 heterocycles. The fourth-order valence-corrected chi connectivity index (χ4v) is 3.34. The van der Waals surface area contributed by atoms with Crippen molar-refractivity contribution in [1.29, 1.82) is 0 Å². The first kappa shape index (κ1) is 14.0. The summed E-state index contributed by atoms with van der Waals surface area (Å²) < 4.78 is 0. The van der Waals surface area contributed by atoms with Gasteiger partial charge in [0.2, 0.25) is 11.8 Å². The third kappa shape index (κ3) is 2.49. The number of carbonyl (C=O) groups is 2. The molecule has 1 aromatic heterocycles. The van der Waals surface area contributed by atoms with E-state index >= 15 is 0 Å². The van der Waals surface area contributed by atoms with Gasteiger partial charge in [-0.2, -0.15) is 0 Å². The molecule has 1 N–H and O–H groups in total. The monoisotopic (exact) mass is 281 g/mol. The maximum Gasteiger partial charge on any atom is 0.246 e. The first-order chi connectivity index (χ1) is 9.10. The second kappa shape index (κ2) is 5.69. The molecule has 3 unspecified atom stereocenters. The van der Waals surface area contributed by atoms with Crippen molar-refractivity contribution in [1.82, 2.24) is 15.2 Å². The van der Waals surface area contributed by atoms with Crippen LogP contribution in [0.2, 0.25) is 0 Å². The van der Waals surface area contributed by atoms with Crippen LogP contribution in [-0.2, 0) is 9.59 Å². The molecular weight excluding hydrogens is 262 g/mol. The maximum atomic E-state index is 12.4. The van der Waals surface area contributed by atoms with Crippen LogP contribution in [0.5, 0.6) is 0 Å². The summed E-state index contributed by atoms with van der Waals surface area (Å²) >= 11 is 1.53. The van der Waals surface area contributed by atoms with E-state index in [9.17, 15) is 9.59 Å². The number of rotatable bonds is 4. The normalized spacial score (nSPS) is 25.3. The second-order valence-electron chi connectivity index (χ2n) is 4.69. The fraction of sp³-hybridized carbons (Fsp3) is 0.615. The molecule has 0 aliphatic carbocycles. The van der Waals surface area contributed by atoms with Gasteiger partial charge in [0.15, 0.2) is 0 Å². The third-order valence-corrected chi connectivity index (χ3v) is 4.34. The average molecular weight is 281 g/mol. The molecule has 1 saturated heterocycles. The molecule has 5 nitrogen and oxygen atoms in total. The number of nitrogens with zero attached hydrogens (tertiary/aromatic N) is 2. The van der Waals surface area contributed by atoms with Gasteiger partial charge in [0.25, 0.3) is 0 Å². The zero-order valence-corrected chi connectivity index (χ0v) is 12.2. The minimum absolute atomic E-state index is 0.0199. The number of hydrogen-bond donors (Lipinski definition) is 1. The Bertz CT molecular complexity index is 460. The van der Waals surface area contributed by atoms with Crippen molar-refractivity contribution in [3.63, 3.8) is 0 Å². The van der Waals surface area contributed by atoms with Crippen LogP contribution < -0.4 is 5.32 Å². The summed E-state index contributed by atoms with van der Waals surface area (Å²) in [6.07, 6.45) is 3.11. The van der Waals surface area contributed by atoms with Crippen molar-refractivity contribution >= 4 is 23.2 Å². The minimum Gasteiger partial charge on any atom is -0.343 e. The molecule has 0 saturated carbocycles. The van der Waals surface area contributed by atoms with Crippen molar-refractivity contribution < 1.29 is 9.59 Å². The van der Waals surface area contributed by atoms with E-state index < -0.39 is 12.1 Å². The Morgan fingerprint density at radius 2 is 2.21 bits per heavy atom. The lowest BCUT2D eigenvalue weighted by molar-refractivity contribution is -0.152. The summed E-state index contributed by atoms with van der Waals surface area (Å²) in [6, 6.07) is -0.951. The fourth-order valence-electron chi connectivity index (χ4n) is 2.52. The van der Waals surface area contributed by atoms with Crippen LogP contribution in [0.4, 0.5) is 0 Å². The SMILES string of the molecule is CCC1C(=O)NC(C)C(=O)N1C(CC)c1nccs1. The van der Waals surface area contributed by atoms with Crippen LogP contribution in [0, 0.1) is 0 Å². The van der Waals surface area contributed by atoms with Crippen molar-refractivity contribution in [2.75, 3.05) is 0 Å². The molecule has 1 aliphatic rings. The molecule has 1 aromatic rings. The van der Waals surface area contributed by atoms with Crippen LogP contribution >= 0.6 is 11.3 Å². The van der Waals surface area contributed by atoms with E-state index in [-0.39, 0.29) is 17.9 Å². The zero-order chi connectivity index (χ0) is 14.0. The molecule has 19 heavy (non-hydrogen) atoms. The Morgan fingerprint density at radius 3 is 2.74 bits per heavy atom. The molecule has 6 heteroatoms. The Hall–Kier alpha value is -1.43. The number of aromatic nitrogens is 1. The standard InChI is InChI=1S/C13H19N3O2S/c1-4-9-11(17)15-8(3)13(18)16(9)10(5-2)12-14-6-7-19-12/h6-10H,4-5H2,1-3H3,(H,15,17). The van der Waals surface area contributed by atoms with Gasteiger partial charge >= 0.3 is 0 Å². The zero-order valence-electron chi connectivity index (χ0n) is 11.4. The Labute approximate surface area is 117 Å². The quantitative estimate of drug-likeness (QED) is 0.914. The Kier molecular flexibility index (Phi) is 4.19. The highest BCUT2D eigenvalue weighted by Crippen LogP contribution is 2.31. The summed E-state index contributed by atoms with van der Waals surface area (Å²) in [5.41, 5.74) is 0. The number of thiazole rings is 1. The molecule has 0 spiro atoms. The number of piperazine rings is 1. The van der Waals surface area contributed by atoms with Crippen molar-refractivity contribution in [3.05, 3.63) is 16.6 Å². The van der Waals surface area contributed by atoms with Crippen LogP contribution in [0.25, 0.3) is 0 Å². The predicted octanol–water partition coefficient (Wildman–Crippen LogP) is 1.72.